The van der Waals surface area contributed by atoms with Crippen molar-refractivity contribution >= 4 is 98.7 Å². The van der Waals surface area contributed by atoms with Gasteiger partial charge < -0.3 is 5.32 Å². The minimum atomic E-state index is -2.03. The van der Waals surface area contributed by atoms with E-state index in [9.17, 15) is 14.4 Å². The highest BCUT2D eigenvalue weighted by molar-refractivity contribution is 6.67. The number of nitrogens with one attached hydrogen (secondary N) is 1. The molecule has 0 radical (unpaired) electrons. The Bertz CT molecular complexity index is 1340. The maximum Gasteiger partial charge on any atom is 0.257 e. The number of rotatable bonds is 5. The summed E-state index contributed by atoms with van der Waals surface area (Å²) in [5.41, 5.74) is 2.84. The zero-order valence-corrected chi connectivity index (χ0v) is 24.1. The average molecular weight is 621 g/mol. The smallest absolute Gasteiger partial charge is 0.257 e. The molecule has 1 N–H and O–H groups in total. The van der Waals surface area contributed by atoms with Gasteiger partial charge in [0.2, 0.25) is 11.8 Å². The second-order valence-electron chi connectivity index (χ2n) is 9.22. The Labute approximate surface area is 244 Å². The highest BCUT2D eigenvalue weighted by atomic mass is 35.5. The Morgan fingerprint density at radius 1 is 0.838 bits per heavy atom. The van der Waals surface area contributed by atoms with Crippen LogP contribution >= 0.6 is 69.6 Å². The van der Waals surface area contributed by atoms with Crippen LogP contribution in [0, 0.1) is 11.8 Å². The first-order valence-corrected chi connectivity index (χ1v) is 13.9. The van der Waals surface area contributed by atoms with Gasteiger partial charge in [0, 0.05) is 5.69 Å². The molecule has 0 spiro atoms. The molecule has 194 valence electrons. The number of hydrogen-bond donors (Lipinski definition) is 1. The van der Waals surface area contributed by atoms with Gasteiger partial charge >= 0.3 is 0 Å². The SMILES string of the molecule is CCc1cccc(CC)c1NC(=O)c1ccccc1N1C(=O)[C@@H]2[C@H](C1=O)[C@@]1(Cl)C(Cl)=C(Cl)[C@@]2(Cl)C1(Cl)Cl. The van der Waals surface area contributed by atoms with Crippen LogP contribution in [0.25, 0.3) is 0 Å². The van der Waals surface area contributed by atoms with E-state index in [4.69, 9.17) is 69.6 Å². The molecule has 0 unspecified atom stereocenters. The molecule has 1 heterocycles. The fourth-order valence-electron chi connectivity index (χ4n) is 5.68. The number of hydrogen-bond acceptors (Lipinski definition) is 3. The van der Waals surface area contributed by atoms with Crippen LogP contribution in [-0.4, -0.2) is 31.8 Å². The van der Waals surface area contributed by atoms with E-state index < -0.39 is 43.6 Å². The molecule has 37 heavy (non-hydrogen) atoms. The summed E-state index contributed by atoms with van der Waals surface area (Å²) < 4.78 is -2.03. The zero-order chi connectivity index (χ0) is 27.1. The maximum absolute atomic E-state index is 13.8. The average Bonchev–Trinajstić information content (AvgIpc) is 3.27. The van der Waals surface area contributed by atoms with Crippen molar-refractivity contribution < 1.29 is 14.4 Å². The van der Waals surface area contributed by atoms with Gasteiger partial charge in [0.15, 0.2) is 4.33 Å². The van der Waals surface area contributed by atoms with Gasteiger partial charge in [-0.3, -0.25) is 14.4 Å². The van der Waals surface area contributed by atoms with Gasteiger partial charge in [0.05, 0.1) is 33.2 Å². The number of fused-ring (bicyclic) bond motifs is 5. The third kappa shape index (κ3) is 3.28. The molecule has 5 nitrogen and oxygen atoms in total. The molecule has 2 bridgehead atoms. The third-order valence-electron chi connectivity index (χ3n) is 7.54. The van der Waals surface area contributed by atoms with Gasteiger partial charge in [-0.1, -0.05) is 90.6 Å². The summed E-state index contributed by atoms with van der Waals surface area (Å²) in [6.07, 6.45) is 1.42. The minimum Gasteiger partial charge on any atom is -0.321 e. The molecular formula is C26H20Cl6N2O3. The monoisotopic (exact) mass is 618 g/mol. The fraction of sp³-hybridized carbons (Fsp3) is 0.346. The molecule has 11 heteroatoms. The van der Waals surface area contributed by atoms with E-state index in [-0.39, 0.29) is 21.3 Å². The van der Waals surface area contributed by atoms with Crippen LogP contribution in [0.15, 0.2) is 52.5 Å². The van der Waals surface area contributed by atoms with E-state index in [1.54, 1.807) is 12.1 Å². The summed E-state index contributed by atoms with van der Waals surface area (Å²) in [5, 5.41) is 2.64. The summed E-state index contributed by atoms with van der Waals surface area (Å²) in [5.74, 6) is -4.49. The number of allylic oxidation sites excluding steroid dienone is 2. The van der Waals surface area contributed by atoms with Crippen molar-refractivity contribution in [1.29, 1.82) is 0 Å². The molecular weight excluding hydrogens is 601 g/mol. The summed E-state index contributed by atoms with van der Waals surface area (Å²) in [4.78, 5) is 38.2. The number of carbonyl (C=O) groups excluding carboxylic acids is 3. The predicted octanol–water partition coefficient (Wildman–Crippen LogP) is 7.01. The van der Waals surface area contributed by atoms with Crippen LogP contribution in [0.3, 0.4) is 0 Å². The quantitative estimate of drug-likeness (QED) is 0.289. The van der Waals surface area contributed by atoms with Crippen LogP contribution in [-0.2, 0) is 22.4 Å². The number of carbonyl (C=O) groups is 3. The molecule has 2 aromatic carbocycles. The highest BCUT2D eigenvalue weighted by Gasteiger charge is 2.87. The van der Waals surface area contributed by atoms with Crippen LogP contribution in [0.2, 0.25) is 0 Å². The Morgan fingerprint density at radius 3 is 1.81 bits per heavy atom. The molecule has 2 fully saturated rings. The summed E-state index contributed by atoms with van der Waals surface area (Å²) >= 11 is 39.5. The standard InChI is InChI=1S/C26H20Cl6N2O3/c1-3-12-8-7-9-13(4-2)18(12)33-21(35)14-10-5-6-11-15(14)34-22(36)16-17(23(34)37)25(30)20(28)19(27)24(16,29)26(25,31)32/h5-11,16-17H,3-4H2,1-2H3,(H,33,35)/t16-,17+,24-,25-/m1/s1. The lowest BCUT2D eigenvalue weighted by Gasteiger charge is -2.34. The lowest BCUT2D eigenvalue weighted by atomic mass is 9.84. The lowest BCUT2D eigenvalue weighted by Crippen LogP contribution is -2.50. The van der Waals surface area contributed by atoms with Crippen LogP contribution in [0.1, 0.15) is 35.3 Å². The minimum absolute atomic E-state index is 0.0818. The van der Waals surface area contributed by atoms with E-state index in [1.807, 2.05) is 32.0 Å². The van der Waals surface area contributed by atoms with Gasteiger partial charge in [-0.05, 0) is 36.1 Å². The van der Waals surface area contributed by atoms with Gasteiger partial charge in [-0.25, -0.2) is 4.90 Å². The molecule has 2 aliphatic carbocycles. The molecule has 4 atom stereocenters. The largest absolute Gasteiger partial charge is 0.321 e. The number of benzene rings is 2. The van der Waals surface area contributed by atoms with E-state index in [2.05, 4.69) is 5.32 Å². The number of anilines is 2. The molecule has 1 saturated heterocycles. The third-order valence-corrected chi connectivity index (χ3v) is 11.8. The normalized spacial score (nSPS) is 29.8. The van der Waals surface area contributed by atoms with E-state index in [0.717, 1.165) is 16.0 Å². The zero-order valence-electron chi connectivity index (χ0n) is 19.6. The number of nitrogens with zero attached hydrogens (tertiary/aromatic N) is 1. The van der Waals surface area contributed by atoms with Gasteiger partial charge in [-0.2, -0.15) is 0 Å². The Hall–Kier alpha value is -1.47. The number of halogens is 6. The van der Waals surface area contributed by atoms with Crippen molar-refractivity contribution in [2.75, 3.05) is 10.2 Å². The second kappa shape index (κ2) is 9.04. The summed E-state index contributed by atoms with van der Waals surface area (Å²) in [6.45, 7) is 3.99. The van der Waals surface area contributed by atoms with Crippen molar-refractivity contribution in [3.63, 3.8) is 0 Å². The fourth-order valence-corrected chi connectivity index (χ4v) is 8.61. The lowest BCUT2D eigenvalue weighted by molar-refractivity contribution is -0.123. The van der Waals surface area contributed by atoms with Crippen LogP contribution in [0.4, 0.5) is 11.4 Å². The van der Waals surface area contributed by atoms with Crippen molar-refractivity contribution in [1.82, 2.24) is 0 Å². The molecule has 1 aliphatic heterocycles. The number of alkyl halides is 4. The number of imide groups is 1. The van der Waals surface area contributed by atoms with E-state index in [1.165, 1.54) is 12.1 Å². The Balaban J connectivity index is 1.57. The first-order chi connectivity index (χ1) is 17.4. The van der Waals surface area contributed by atoms with Crippen molar-refractivity contribution in [2.45, 2.75) is 40.8 Å². The van der Waals surface area contributed by atoms with Crippen LogP contribution < -0.4 is 10.2 Å². The van der Waals surface area contributed by atoms with E-state index in [0.29, 0.717) is 18.5 Å². The topological polar surface area (TPSA) is 66.5 Å². The van der Waals surface area contributed by atoms with Gasteiger partial charge in [0.25, 0.3) is 5.91 Å². The molecule has 5 rings (SSSR count). The number of aryl methyl sites for hydroxylation is 2. The first kappa shape index (κ1) is 27.1. The Morgan fingerprint density at radius 2 is 1.32 bits per heavy atom. The number of amides is 3. The second-order valence-corrected chi connectivity index (χ2v) is 12.5. The summed E-state index contributed by atoms with van der Waals surface area (Å²) in [6, 6.07) is 12.1. The number of para-hydroxylation sites is 2. The first-order valence-electron chi connectivity index (χ1n) is 11.6. The van der Waals surface area contributed by atoms with Gasteiger partial charge in [-0.15, -0.1) is 23.2 Å². The maximum atomic E-state index is 13.8. The molecule has 0 aromatic heterocycles. The van der Waals surface area contributed by atoms with E-state index >= 15 is 0 Å². The molecule has 3 aliphatic rings. The Kier molecular flexibility index (Phi) is 6.62. The van der Waals surface area contributed by atoms with Crippen molar-refractivity contribution in [2.24, 2.45) is 11.8 Å². The van der Waals surface area contributed by atoms with Gasteiger partial charge in [0.1, 0.15) is 9.75 Å². The van der Waals surface area contributed by atoms with Crippen molar-refractivity contribution in [3.8, 4) is 0 Å². The van der Waals surface area contributed by atoms with Crippen LogP contribution in [0.5, 0.6) is 0 Å². The highest BCUT2D eigenvalue weighted by Crippen LogP contribution is 2.77. The summed E-state index contributed by atoms with van der Waals surface area (Å²) in [7, 11) is 0. The predicted molar refractivity (Wildman–Crippen MR) is 149 cm³/mol. The molecule has 1 saturated carbocycles. The van der Waals surface area contributed by atoms with Crippen molar-refractivity contribution in [3.05, 3.63) is 69.2 Å². The molecule has 2 aromatic rings. The molecule has 3 amide bonds.